The molecule has 1 amide bonds. The number of hydrogen-bond donors (Lipinski definition) is 1. The topological polar surface area (TPSA) is 90.9 Å². The van der Waals surface area contributed by atoms with Crippen LogP contribution in [0, 0.1) is 0 Å². The van der Waals surface area contributed by atoms with Crippen molar-refractivity contribution < 1.29 is 28.6 Å². The van der Waals surface area contributed by atoms with E-state index in [-0.39, 0.29) is 19.6 Å². The maximum absolute atomic E-state index is 12.7. The Labute approximate surface area is 166 Å². The van der Waals surface area contributed by atoms with E-state index in [0.29, 0.717) is 12.8 Å². The summed E-state index contributed by atoms with van der Waals surface area (Å²) in [5, 5.41) is 2.43. The minimum atomic E-state index is -1.96. The van der Waals surface area contributed by atoms with E-state index in [4.69, 9.17) is 14.2 Å². The zero-order valence-corrected chi connectivity index (χ0v) is 17.4. The number of rotatable bonds is 9. The Bertz CT molecular complexity index is 633. The summed E-state index contributed by atoms with van der Waals surface area (Å²) in [6.07, 6.45) is 0.224. The van der Waals surface area contributed by atoms with E-state index < -0.39 is 29.2 Å². The molecule has 1 aromatic carbocycles. The molecule has 0 radical (unpaired) electrons. The molecule has 0 fully saturated rings. The van der Waals surface area contributed by atoms with Gasteiger partial charge in [0.2, 0.25) is 5.54 Å². The molecular formula is C21H31NO6. The number of carbonyl (C=O) groups is 3. The smallest absolute Gasteiger partial charge is 0.409 e. The highest BCUT2D eigenvalue weighted by Crippen LogP contribution is 2.21. The van der Waals surface area contributed by atoms with Crippen molar-refractivity contribution in [1.82, 2.24) is 5.32 Å². The van der Waals surface area contributed by atoms with Gasteiger partial charge < -0.3 is 14.2 Å². The van der Waals surface area contributed by atoms with Crippen LogP contribution >= 0.6 is 0 Å². The first kappa shape index (κ1) is 23.5. The van der Waals surface area contributed by atoms with Gasteiger partial charge >= 0.3 is 18.0 Å². The second-order valence-corrected chi connectivity index (χ2v) is 7.31. The van der Waals surface area contributed by atoms with Crippen molar-refractivity contribution in [2.45, 2.75) is 65.0 Å². The van der Waals surface area contributed by atoms with Crippen LogP contribution in [0.15, 0.2) is 30.3 Å². The Morgan fingerprint density at radius 2 is 1.46 bits per heavy atom. The number of benzene rings is 1. The number of ether oxygens (including phenoxy) is 3. The van der Waals surface area contributed by atoms with Gasteiger partial charge in [0.25, 0.3) is 0 Å². The lowest BCUT2D eigenvalue weighted by Gasteiger charge is -2.31. The maximum atomic E-state index is 12.7. The van der Waals surface area contributed by atoms with Crippen LogP contribution in [-0.2, 0) is 30.2 Å². The highest BCUT2D eigenvalue weighted by atomic mass is 16.6. The molecule has 156 valence electrons. The van der Waals surface area contributed by atoms with E-state index >= 15 is 0 Å². The third-order valence-electron chi connectivity index (χ3n) is 3.82. The Morgan fingerprint density at radius 3 is 1.93 bits per heavy atom. The number of aryl methyl sites for hydroxylation is 1. The second kappa shape index (κ2) is 10.7. The van der Waals surface area contributed by atoms with Crippen molar-refractivity contribution in [2.75, 3.05) is 13.2 Å². The summed E-state index contributed by atoms with van der Waals surface area (Å²) in [4.78, 5) is 37.8. The van der Waals surface area contributed by atoms with Gasteiger partial charge in [0, 0.05) is 0 Å². The average Bonchev–Trinajstić information content (AvgIpc) is 2.60. The first-order valence-electron chi connectivity index (χ1n) is 9.54. The molecule has 7 heteroatoms. The second-order valence-electron chi connectivity index (χ2n) is 7.31. The van der Waals surface area contributed by atoms with Crippen LogP contribution in [0.4, 0.5) is 4.79 Å². The summed E-state index contributed by atoms with van der Waals surface area (Å²) >= 11 is 0. The van der Waals surface area contributed by atoms with E-state index in [1.807, 2.05) is 30.3 Å². The number of alkyl carbamates (subject to hydrolysis) is 1. The van der Waals surface area contributed by atoms with Gasteiger partial charge in [0.05, 0.1) is 13.2 Å². The molecule has 0 saturated heterocycles. The highest BCUT2D eigenvalue weighted by molar-refractivity contribution is 6.07. The molecule has 0 heterocycles. The van der Waals surface area contributed by atoms with Gasteiger partial charge in [-0.1, -0.05) is 30.3 Å². The normalized spacial score (nSPS) is 11.5. The van der Waals surface area contributed by atoms with E-state index in [2.05, 4.69) is 5.32 Å². The molecule has 0 aliphatic carbocycles. The Hall–Kier alpha value is -2.57. The van der Waals surface area contributed by atoms with Gasteiger partial charge in [-0.3, -0.25) is 5.32 Å². The summed E-state index contributed by atoms with van der Waals surface area (Å²) in [5.74, 6) is -1.71. The Morgan fingerprint density at radius 1 is 0.929 bits per heavy atom. The monoisotopic (exact) mass is 393 g/mol. The molecule has 0 bridgehead atoms. The molecule has 0 aliphatic rings. The van der Waals surface area contributed by atoms with Crippen molar-refractivity contribution in [3.8, 4) is 0 Å². The minimum Gasteiger partial charge on any atom is -0.464 e. The molecular weight excluding hydrogens is 362 g/mol. The molecule has 1 N–H and O–H groups in total. The van der Waals surface area contributed by atoms with Crippen LogP contribution in [0.5, 0.6) is 0 Å². The van der Waals surface area contributed by atoms with E-state index in [0.717, 1.165) is 5.56 Å². The summed E-state index contributed by atoms with van der Waals surface area (Å²) < 4.78 is 15.4. The predicted octanol–water partition coefficient (Wildman–Crippen LogP) is 3.40. The zero-order chi connectivity index (χ0) is 21.2. The SMILES string of the molecule is CCOC(=O)C(CCCc1ccccc1)(NC(=O)OC(C)(C)C)C(=O)OCC. The summed E-state index contributed by atoms with van der Waals surface area (Å²) in [6, 6.07) is 9.65. The number of nitrogens with one attached hydrogen (secondary N) is 1. The number of amides is 1. The van der Waals surface area contributed by atoms with Gasteiger partial charge in [-0.2, -0.15) is 0 Å². The minimum absolute atomic E-state index is 0.0266. The van der Waals surface area contributed by atoms with Crippen molar-refractivity contribution >= 4 is 18.0 Å². The molecule has 0 saturated carbocycles. The molecule has 0 aliphatic heterocycles. The fourth-order valence-electron chi connectivity index (χ4n) is 2.64. The molecule has 0 aromatic heterocycles. The van der Waals surface area contributed by atoms with E-state index in [9.17, 15) is 14.4 Å². The van der Waals surface area contributed by atoms with E-state index in [1.54, 1.807) is 34.6 Å². The first-order valence-corrected chi connectivity index (χ1v) is 9.54. The Kier molecular flexibility index (Phi) is 8.96. The molecule has 0 unspecified atom stereocenters. The maximum Gasteiger partial charge on any atom is 0.409 e. The van der Waals surface area contributed by atoms with Gasteiger partial charge in [0.15, 0.2) is 0 Å². The number of hydrogen-bond acceptors (Lipinski definition) is 6. The highest BCUT2D eigenvalue weighted by Gasteiger charge is 2.50. The fourth-order valence-corrected chi connectivity index (χ4v) is 2.64. The quantitative estimate of drug-likeness (QED) is 0.393. The van der Waals surface area contributed by atoms with Crippen LogP contribution in [0.3, 0.4) is 0 Å². The lowest BCUT2D eigenvalue weighted by molar-refractivity contribution is -0.166. The Balaban J connectivity index is 3.09. The van der Waals surface area contributed by atoms with Gasteiger partial charge in [0.1, 0.15) is 5.60 Å². The predicted molar refractivity (Wildman–Crippen MR) is 105 cm³/mol. The summed E-state index contributed by atoms with van der Waals surface area (Å²) in [7, 11) is 0. The van der Waals surface area contributed by atoms with Crippen LogP contribution < -0.4 is 5.32 Å². The third kappa shape index (κ3) is 7.21. The molecule has 0 atom stereocenters. The number of esters is 2. The fraction of sp³-hybridized carbons (Fsp3) is 0.571. The van der Waals surface area contributed by atoms with Crippen molar-refractivity contribution in [3.05, 3.63) is 35.9 Å². The van der Waals surface area contributed by atoms with Gasteiger partial charge in [-0.25, -0.2) is 14.4 Å². The van der Waals surface area contributed by atoms with Crippen LogP contribution in [0.25, 0.3) is 0 Å². The summed E-state index contributed by atoms with van der Waals surface area (Å²) in [5.41, 5.74) is -1.69. The van der Waals surface area contributed by atoms with Crippen LogP contribution in [0.2, 0.25) is 0 Å². The third-order valence-corrected chi connectivity index (χ3v) is 3.82. The average molecular weight is 393 g/mol. The van der Waals surface area contributed by atoms with Crippen LogP contribution in [0.1, 0.15) is 53.0 Å². The van der Waals surface area contributed by atoms with Gasteiger partial charge in [-0.15, -0.1) is 0 Å². The molecule has 28 heavy (non-hydrogen) atoms. The molecule has 0 spiro atoms. The molecule has 1 aromatic rings. The van der Waals surface area contributed by atoms with Crippen molar-refractivity contribution in [1.29, 1.82) is 0 Å². The molecule has 7 nitrogen and oxygen atoms in total. The zero-order valence-electron chi connectivity index (χ0n) is 17.4. The number of carbonyl (C=O) groups excluding carboxylic acids is 3. The summed E-state index contributed by atoms with van der Waals surface area (Å²) in [6.45, 7) is 8.47. The van der Waals surface area contributed by atoms with Gasteiger partial charge in [-0.05, 0) is 59.4 Å². The largest absolute Gasteiger partial charge is 0.464 e. The van der Waals surface area contributed by atoms with Crippen molar-refractivity contribution in [2.24, 2.45) is 0 Å². The molecule has 1 rings (SSSR count). The first-order chi connectivity index (χ1) is 13.1. The van der Waals surface area contributed by atoms with E-state index in [1.165, 1.54) is 0 Å². The van der Waals surface area contributed by atoms with Crippen molar-refractivity contribution in [3.63, 3.8) is 0 Å². The standard InChI is InChI=1S/C21H31NO6/c1-6-26-17(23)21(18(24)27-7-2,22-19(25)28-20(3,4)5)15-11-14-16-12-9-8-10-13-16/h8-10,12-13H,6-7,11,14-15H2,1-5H3,(H,22,25). The lowest BCUT2D eigenvalue weighted by atomic mass is 9.91. The lowest BCUT2D eigenvalue weighted by Crippen LogP contribution is -2.62. The van der Waals surface area contributed by atoms with Crippen LogP contribution in [-0.4, -0.2) is 42.4 Å².